The first-order valence-electron chi connectivity index (χ1n) is 9.60. The van der Waals surface area contributed by atoms with Crippen molar-refractivity contribution in [2.24, 2.45) is 5.92 Å². The molecular formula is C22H26N2O3. The van der Waals surface area contributed by atoms with Crippen molar-refractivity contribution in [2.75, 3.05) is 5.32 Å². The third-order valence-corrected chi connectivity index (χ3v) is 5.03. The molecule has 1 aliphatic rings. The summed E-state index contributed by atoms with van der Waals surface area (Å²) in [7, 11) is 0. The predicted octanol–water partition coefficient (Wildman–Crippen LogP) is 5.00. The molecule has 5 heteroatoms. The molecule has 3 amide bonds. The van der Waals surface area contributed by atoms with Crippen LogP contribution in [0.3, 0.4) is 0 Å². The summed E-state index contributed by atoms with van der Waals surface area (Å²) in [6, 6.07) is 15.4. The third-order valence-electron chi connectivity index (χ3n) is 5.03. The van der Waals surface area contributed by atoms with Gasteiger partial charge in [-0.15, -0.1) is 0 Å². The van der Waals surface area contributed by atoms with E-state index in [1.165, 1.54) is 19.3 Å². The van der Waals surface area contributed by atoms with E-state index in [0.717, 1.165) is 18.6 Å². The summed E-state index contributed by atoms with van der Waals surface area (Å²) in [6.07, 6.45) is 6.25. The lowest BCUT2D eigenvalue weighted by Gasteiger charge is -2.31. The van der Waals surface area contributed by atoms with Crippen LogP contribution in [0.15, 0.2) is 54.6 Å². The second-order valence-electron chi connectivity index (χ2n) is 6.91. The molecular weight excluding hydrogens is 340 g/mol. The normalized spacial score (nSPS) is 19.1. The third kappa shape index (κ3) is 5.33. The van der Waals surface area contributed by atoms with Crippen LogP contribution in [0.1, 0.15) is 49.4 Å². The summed E-state index contributed by atoms with van der Waals surface area (Å²) in [6.45, 7) is 2.22. The Balaban J connectivity index is 1.52. The molecule has 0 heterocycles. The zero-order valence-corrected chi connectivity index (χ0v) is 15.6. The first-order chi connectivity index (χ1) is 13.2. The van der Waals surface area contributed by atoms with Gasteiger partial charge in [0.25, 0.3) is 5.91 Å². The van der Waals surface area contributed by atoms with Crippen LogP contribution in [0.5, 0.6) is 5.75 Å². The van der Waals surface area contributed by atoms with E-state index in [2.05, 4.69) is 17.6 Å². The molecule has 2 aromatic rings. The van der Waals surface area contributed by atoms with Gasteiger partial charge in [-0.05, 0) is 68.0 Å². The number of hydrogen-bond donors (Lipinski definition) is 2. The lowest BCUT2D eigenvalue weighted by Crippen LogP contribution is -2.34. The highest BCUT2D eigenvalue weighted by Crippen LogP contribution is 2.30. The smallest absolute Gasteiger partial charge is 0.326 e. The topological polar surface area (TPSA) is 67.4 Å². The lowest BCUT2D eigenvalue weighted by molar-refractivity contribution is 0.0904. The van der Waals surface area contributed by atoms with Gasteiger partial charge >= 0.3 is 6.03 Å². The largest absolute Gasteiger partial charge is 0.490 e. The summed E-state index contributed by atoms with van der Waals surface area (Å²) in [4.78, 5) is 24.0. The molecule has 2 unspecified atom stereocenters. The van der Waals surface area contributed by atoms with Gasteiger partial charge in [-0.2, -0.15) is 0 Å². The molecule has 142 valence electrons. The number of carbonyl (C=O) groups is 2. The zero-order chi connectivity index (χ0) is 19.1. The Kier molecular flexibility index (Phi) is 6.47. The quantitative estimate of drug-likeness (QED) is 0.783. The number of amides is 3. The van der Waals surface area contributed by atoms with E-state index >= 15 is 0 Å². The maximum absolute atomic E-state index is 12.0. The Morgan fingerprint density at radius 2 is 1.70 bits per heavy atom. The molecule has 1 saturated carbocycles. The number of carbonyl (C=O) groups excluding carboxylic acids is 2. The Morgan fingerprint density at radius 1 is 1.00 bits per heavy atom. The summed E-state index contributed by atoms with van der Waals surface area (Å²) in [5, 5.41) is 4.99. The van der Waals surface area contributed by atoms with Crippen molar-refractivity contribution in [1.29, 1.82) is 0 Å². The van der Waals surface area contributed by atoms with Gasteiger partial charge in [0.15, 0.2) is 0 Å². The second kappa shape index (κ2) is 9.21. The summed E-state index contributed by atoms with van der Waals surface area (Å²) in [5.74, 6) is 0.994. The zero-order valence-electron chi connectivity index (χ0n) is 15.6. The SMILES string of the molecule is CCC1CCCCC1Oc1ccc(NC(=O)NC(=O)c2ccccc2)cc1. The van der Waals surface area contributed by atoms with Crippen LogP contribution in [-0.2, 0) is 0 Å². The van der Waals surface area contributed by atoms with Crippen LogP contribution >= 0.6 is 0 Å². The number of anilines is 1. The summed E-state index contributed by atoms with van der Waals surface area (Å²) in [5.41, 5.74) is 1.05. The van der Waals surface area contributed by atoms with E-state index < -0.39 is 11.9 Å². The van der Waals surface area contributed by atoms with Gasteiger partial charge in [-0.3, -0.25) is 10.1 Å². The fraction of sp³-hybridized carbons (Fsp3) is 0.364. The van der Waals surface area contributed by atoms with Gasteiger partial charge in [0, 0.05) is 11.3 Å². The van der Waals surface area contributed by atoms with Crippen molar-refractivity contribution >= 4 is 17.6 Å². The van der Waals surface area contributed by atoms with Crippen LogP contribution in [0.25, 0.3) is 0 Å². The monoisotopic (exact) mass is 366 g/mol. The standard InChI is InChI=1S/C22H26N2O3/c1-2-16-8-6-7-11-20(16)27-19-14-12-18(13-15-19)23-22(26)24-21(25)17-9-4-3-5-10-17/h3-5,9-10,12-16,20H,2,6-8,11H2,1H3,(H2,23,24,25,26). The molecule has 0 bridgehead atoms. The molecule has 3 rings (SSSR count). The fourth-order valence-corrected chi connectivity index (χ4v) is 3.51. The summed E-state index contributed by atoms with van der Waals surface area (Å²) >= 11 is 0. The molecule has 0 aromatic heterocycles. The molecule has 1 aliphatic carbocycles. The van der Waals surface area contributed by atoms with E-state index in [-0.39, 0.29) is 6.10 Å². The van der Waals surface area contributed by atoms with Crippen molar-refractivity contribution < 1.29 is 14.3 Å². The van der Waals surface area contributed by atoms with Crippen molar-refractivity contribution in [3.05, 3.63) is 60.2 Å². The number of ether oxygens (including phenoxy) is 1. The minimum atomic E-state index is -0.559. The molecule has 0 aliphatic heterocycles. The highest BCUT2D eigenvalue weighted by molar-refractivity contribution is 6.07. The molecule has 2 atom stereocenters. The molecule has 5 nitrogen and oxygen atoms in total. The average Bonchev–Trinajstić information content (AvgIpc) is 2.70. The number of rotatable bonds is 5. The predicted molar refractivity (Wildman–Crippen MR) is 106 cm³/mol. The van der Waals surface area contributed by atoms with Crippen LogP contribution in [0.4, 0.5) is 10.5 Å². The highest BCUT2D eigenvalue weighted by Gasteiger charge is 2.25. The molecule has 2 aromatic carbocycles. The number of urea groups is 1. The maximum Gasteiger partial charge on any atom is 0.326 e. The number of nitrogens with one attached hydrogen (secondary N) is 2. The lowest BCUT2D eigenvalue weighted by atomic mass is 9.85. The number of hydrogen-bond acceptors (Lipinski definition) is 3. The van der Waals surface area contributed by atoms with Crippen molar-refractivity contribution in [1.82, 2.24) is 5.32 Å². The van der Waals surface area contributed by atoms with E-state index in [9.17, 15) is 9.59 Å². The van der Waals surface area contributed by atoms with Gasteiger partial charge in [0.05, 0.1) is 0 Å². The second-order valence-corrected chi connectivity index (χ2v) is 6.91. The molecule has 2 N–H and O–H groups in total. The van der Waals surface area contributed by atoms with Gasteiger partial charge in [-0.25, -0.2) is 4.79 Å². The van der Waals surface area contributed by atoms with E-state index in [4.69, 9.17) is 4.74 Å². The number of benzene rings is 2. The first kappa shape index (κ1) is 19.0. The van der Waals surface area contributed by atoms with E-state index in [0.29, 0.717) is 17.2 Å². The van der Waals surface area contributed by atoms with Crippen molar-refractivity contribution in [3.8, 4) is 5.75 Å². The van der Waals surface area contributed by atoms with Gasteiger partial charge in [0.2, 0.25) is 0 Å². The van der Waals surface area contributed by atoms with Gasteiger partial charge in [0.1, 0.15) is 11.9 Å². The van der Waals surface area contributed by atoms with E-state index in [1.807, 2.05) is 18.2 Å². The van der Waals surface area contributed by atoms with Crippen molar-refractivity contribution in [3.63, 3.8) is 0 Å². The van der Waals surface area contributed by atoms with Crippen LogP contribution in [0, 0.1) is 5.92 Å². The summed E-state index contributed by atoms with van der Waals surface area (Å²) < 4.78 is 6.16. The molecule has 0 radical (unpaired) electrons. The highest BCUT2D eigenvalue weighted by atomic mass is 16.5. The van der Waals surface area contributed by atoms with Crippen LogP contribution < -0.4 is 15.4 Å². The number of imide groups is 1. The van der Waals surface area contributed by atoms with Crippen LogP contribution in [0.2, 0.25) is 0 Å². The Labute approximate surface area is 160 Å². The Hall–Kier alpha value is -2.82. The minimum Gasteiger partial charge on any atom is -0.490 e. The van der Waals surface area contributed by atoms with Gasteiger partial charge in [-0.1, -0.05) is 31.5 Å². The van der Waals surface area contributed by atoms with E-state index in [1.54, 1.807) is 36.4 Å². The first-order valence-corrected chi connectivity index (χ1v) is 9.60. The fourth-order valence-electron chi connectivity index (χ4n) is 3.51. The van der Waals surface area contributed by atoms with Gasteiger partial charge < -0.3 is 10.1 Å². The molecule has 0 spiro atoms. The van der Waals surface area contributed by atoms with Crippen LogP contribution in [-0.4, -0.2) is 18.0 Å². The molecule has 1 fully saturated rings. The maximum atomic E-state index is 12.0. The molecule has 27 heavy (non-hydrogen) atoms. The van der Waals surface area contributed by atoms with Crippen molar-refractivity contribution in [2.45, 2.75) is 45.1 Å². The Morgan fingerprint density at radius 3 is 2.41 bits per heavy atom. The minimum absolute atomic E-state index is 0.273. The Bertz CT molecular complexity index is 759. The average molecular weight is 366 g/mol. The molecule has 0 saturated heterocycles.